The molecule has 20 heavy (non-hydrogen) atoms. The Morgan fingerprint density at radius 3 is 2.55 bits per heavy atom. The molecule has 0 aliphatic rings. The third-order valence-electron chi connectivity index (χ3n) is 2.87. The van der Waals surface area contributed by atoms with Crippen LogP contribution in [0.4, 0.5) is 11.4 Å². The molecular weight excluding hydrogens is 300 g/mol. The fraction of sp³-hybridized carbons (Fsp3) is 0.250. The third kappa shape index (κ3) is 2.73. The predicted octanol–water partition coefficient (Wildman–Crippen LogP) is 2.07. The molecule has 3 N–H and O–H groups in total. The zero-order chi connectivity index (χ0) is 15.1. The minimum atomic E-state index is -3.81. The first kappa shape index (κ1) is 14.7. The first-order chi connectivity index (χ1) is 9.20. The highest BCUT2D eigenvalue weighted by molar-refractivity contribution is 7.92. The van der Waals surface area contributed by atoms with Gasteiger partial charge in [-0.1, -0.05) is 11.6 Å². The molecule has 0 radical (unpaired) electrons. The van der Waals surface area contributed by atoms with Crippen molar-refractivity contribution in [3.05, 3.63) is 34.6 Å². The Morgan fingerprint density at radius 1 is 1.35 bits per heavy atom. The highest BCUT2D eigenvalue weighted by Crippen LogP contribution is 2.28. The molecule has 0 spiro atoms. The summed E-state index contributed by atoms with van der Waals surface area (Å²) in [6, 6.07) is 2.88. The fourth-order valence-corrected chi connectivity index (χ4v) is 3.49. The van der Waals surface area contributed by atoms with Crippen molar-refractivity contribution >= 4 is 33.0 Å². The van der Waals surface area contributed by atoms with E-state index in [2.05, 4.69) is 9.82 Å². The monoisotopic (exact) mass is 314 g/mol. The van der Waals surface area contributed by atoms with E-state index in [0.717, 1.165) is 5.56 Å². The number of nitrogens with two attached hydrogens (primary N) is 1. The van der Waals surface area contributed by atoms with Gasteiger partial charge in [0.25, 0.3) is 10.0 Å². The average molecular weight is 315 g/mol. The molecule has 0 aliphatic carbocycles. The number of sulfonamides is 1. The number of anilines is 2. The number of aryl methyl sites for hydroxylation is 3. The second kappa shape index (κ2) is 4.99. The summed E-state index contributed by atoms with van der Waals surface area (Å²) in [4.78, 5) is -0.0504. The van der Waals surface area contributed by atoms with E-state index in [1.54, 1.807) is 27.1 Å². The number of benzene rings is 1. The van der Waals surface area contributed by atoms with Gasteiger partial charge in [0.05, 0.1) is 16.4 Å². The van der Waals surface area contributed by atoms with Gasteiger partial charge in [-0.05, 0) is 31.5 Å². The van der Waals surface area contributed by atoms with Crippen LogP contribution in [0.3, 0.4) is 0 Å². The summed E-state index contributed by atoms with van der Waals surface area (Å²) in [5.41, 5.74) is 7.83. The van der Waals surface area contributed by atoms with Crippen LogP contribution >= 0.6 is 11.6 Å². The Kier molecular flexibility index (Phi) is 3.66. The Hall–Kier alpha value is -1.73. The molecule has 2 aromatic rings. The zero-order valence-corrected chi connectivity index (χ0v) is 12.9. The Balaban J connectivity index is 2.46. The lowest BCUT2D eigenvalue weighted by atomic mass is 10.2. The fourth-order valence-electron chi connectivity index (χ4n) is 1.77. The number of aromatic nitrogens is 2. The number of nitrogens with one attached hydrogen (secondary N) is 1. The molecule has 1 aromatic carbocycles. The Labute approximate surface area is 122 Å². The van der Waals surface area contributed by atoms with Gasteiger partial charge in [-0.25, -0.2) is 8.42 Å². The van der Waals surface area contributed by atoms with E-state index in [-0.39, 0.29) is 9.92 Å². The molecule has 0 unspecified atom stereocenters. The lowest BCUT2D eigenvalue weighted by Crippen LogP contribution is -2.14. The number of nitrogen functional groups attached to an aromatic ring is 1. The molecule has 1 heterocycles. The average Bonchev–Trinajstić information content (AvgIpc) is 2.61. The van der Waals surface area contributed by atoms with Crippen LogP contribution in [0.2, 0.25) is 5.02 Å². The topological polar surface area (TPSA) is 90.0 Å². The van der Waals surface area contributed by atoms with E-state index in [1.165, 1.54) is 16.8 Å². The van der Waals surface area contributed by atoms with Crippen LogP contribution in [0.25, 0.3) is 0 Å². The molecular formula is C12H15ClN4O2S. The molecule has 0 atom stereocenters. The van der Waals surface area contributed by atoms with Crippen LogP contribution in [0.15, 0.2) is 23.2 Å². The molecule has 1 aromatic heterocycles. The minimum Gasteiger partial charge on any atom is -0.398 e. The van der Waals surface area contributed by atoms with Crippen molar-refractivity contribution < 1.29 is 8.42 Å². The molecule has 0 amide bonds. The molecule has 2 rings (SSSR count). The number of rotatable bonds is 3. The molecule has 0 saturated carbocycles. The van der Waals surface area contributed by atoms with Crippen molar-refractivity contribution in [2.24, 2.45) is 7.05 Å². The molecule has 0 bridgehead atoms. The van der Waals surface area contributed by atoms with Crippen molar-refractivity contribution in [3.63, 3.8) is 0 Å². The molecule has 0 saturated heterocycles. The van der Waals surface area contributed by atoms with Gasteiger partial charge in [0, 0.05) is 18.9 Å². The second-order valence-corrected chi connectivity index (χ2v) is 6.60. The lowest BCUT2D eigenvalue weighted by molar-refractivity contribution is 0.601. The SMILES string of the molecule is Cc1cc(Cl)c(S(=O)(=O)Nc2cn(C)nc2C)cc1N. The summed E-state index contributed by atoms with van der Waals surface area (Å²) in [6.07, 6.45) is 1.58. The van der Waals surface area contributed by atoms with Crippen LogP contribution in [0.1, 0.15) is 11.3 Å². The van der Waals surface area contributed by atoms with Crippen molar-refractivity contribution in [2.75, 3.05) is 10.5 Å². The summed E-state index contributed by atoms with van der Waals surface area (Å²) in [5, 5.41) is 4.21. The quantitative estimate of drug-likeness (QED) is 0.849. The van der Waals surface area contributed by atoms with E-state index < -0.39 is 10.0 Å². The molecule has 6 nitrogen and oxygen atoms in total. The van der Waals surface area contributed by atoms with E-state index in [1.807, 2.05) is 0 Å². The summed E-state index contributed by atoms with van der Waals surface area (Å²) in [5.74, 6) is 0. The number of hydrogen-bond acceptors (Lipinski definition) is 4. The van der Waals surface area contributed by atoms with Crippen LogP contribution in [-0.4, -0.2) is 18.2 Å². The normalized spacial score (nSPS) is 11.6. The van der Waals surface area contributed by atoms with Gasteiger partial charge in [-0.3, -0.25) is 9.40 Å². The first-order valence-electron chi connectivity index (χ1n) is 5.79. The maximum absolute atomic E-state index is 12.4. The Morgan fingerprint density at radius 2 is 2.00 bits per heavy atom. The van der Waals surface area contributed by atoms with Crippen molar-refractivity contribution in [3.8, 4) is 0 Å². The minimum absolute atomic E-state index is 0.0504. The van der Waals surface area contributed by atoms with E-state index in [0.29, 0.717) is 17.1 Å². The van der Waals surface area contributed by atoms with Crippen LogP contribution in [-0.2, 0) is 17.1 Å². The van der Waals surface area contributed by atoms with Gasteiger partial charge in [0.2, 0.25) is 0 Å². The van der Waals surface area contributed by atoms with E-state index in [9.17, 15) is 8.42 Å². The number of halogens is 1. The highest BCUT2D eigenvalue weighted by Gasteiger charge is 2.21. The maximum atomic E-state index is 12.4. The molecule has 8 heteroatoms. The van der Waals surface area contributed by atoms with Gasteiger partial charge in [-0.15, -0.1) is 0 Å². The van der Waals surface area contributed by atoms with Gasteiger partial charge in [-0.2, -0.15) is 5.10 Å². The maximum Gasteiger partial charge on any atom is 0.263 e. The second-order valence-electron chi connectivity index (χ2n) is 4.55. The van der Waals surface area contributed by atoms with Crippen LogP contribution < -0.4 is 10.5 Å². The standard InChI is InChI=1S/C12H15ClN4O2S/c1-7-4-9(13)12(5-10(7)14)20(18,19)16-11-6-17(3)15-8(11)2/h4-6,16H,14H2,1-3H3. The van der Waals surface area contributed by atoms with Crippen molar-refractivity contribution in [2.45, 2.75) is 18.7 Å². The third-order valence-corrected chi connectivity index (χ3v) is 4.70. The Bertz CT molecular complexity index is 768. The number of hydrogen-bond donors (Lipinski definition) is 2. The van der Waals surface area contributed by atoms with Gasteiger partial charge >= 0.3 is 0 Å². The van der Waals surface area contributed by atoms with E-state index >= 15 is 0 Å². The van der Waals surface area contributed by atoms with Gasteiger partial charge in [0.1, 0.15) is 4.90 Å². The summed E-state index contributed by atoms with van der Waals surface area (Å²) in [6.45, 7) is 3.47. The van der Waals surface area contributed by atoms with Gasteiger partial charge < -0.3 is 5.73 Å². The largest absolute Gasteiger partial charge is 0.398 e. The smallest absolute Gasteiger partial charge is 0.263 e. The van der Waals surface area contributed by atoms with Crippen molar-refractivity contribution in [1.82, 2.24) is 9.78 Å². The first-order valence-corrected chi connectivity index (χ1v) is 7.65. The lowest BCUT2D eigenvalue weighted by Gasteiger charge is -2.10. The number of nitrogens with zero attached hydrogens (tertiary/aromatic N) is 2. The van der Waals surface area contributed by atoms with Crippen molar-refractivity contribution in [1.29, 1.82) is 0 Å². The zero-order valence-electron chi connectivity index (χ0n) is 11.3. The molecule has 0 aliphatic heterocycles. The van der Waals surface area contributed by atoms with E-state index in [4.69, 9.17) is 17.3 Å². The highest BCUT2D eigenvalue weighted by atomic mass is 35.5. The molecule has 0 fully saturated rings. The summed E-state index contributed by atoms with van der Waals surface area (Å²) >= 11 is 6.00. The van der Waals surface area contributed by atoms with Gasteiger partial charge in [0.15, 0.2) is 0 Å². The summed E-state index contributed by atoms with van der Waals surface area (Å²) in [7, 11) is -2.10. The van der Waals surface area contributed by atoms with Crippen LogP contribution in [0.5, 0.6) is 0 Å². The molecule has 108 valence electrons. The summed E-state index contributed by atoms with van der Waals surface area (Å²) < 4.78 is 28.7. The predicted molar refractivity (Wildman–Crippen MR) is 79.4 cm³/mol. The van der Waals surface area contributed by atoms with Crippen LogP contribution in [0, 0.1) is 13.8 Å².